The molecule has 0 aliphatic rings. The van der Waals surface area contributed by atoms with Gasteiger partial charge in [0, 0.05) is 5.39 Å². The predicted octanol–water partition coefficient (Wildman–Crippen LogP) is 2.78. The van der Waals surface area contributed by atoms with Crippen molar-refractivity contribution in [2.45, 2.75) is 18.7 Å². The Morgan fingerprint density at radius 2 is 1.74 bits per heavy atom. The minimum absolute atomic E-state index is 0.0231. The standard InChI is InChI=1S/C19H17NO6S/c1-3-25-19(22)16-17(14-6-4-5-7-15(14)20-18(16)21)26-27(23,24)13-10-8-12(2)9-11-13/h4-11H,3H2,1-2H3,(H,20,21). The molecule has 1 aromatic heterocycles. The van der Waals surface area contributed by atoms with Crippen molar-refractivity contribution in [3.05, 3.63) is 70.0 Å². The van der Waals surface area contributed by atoms with Gasteiger partial charge in [-0.15, -0.1) is 0 Å². The van der Waals surface area contributed by atoms with Crippen LogP contribution in [0.1, 0.15) is 22.8 Å². The van der Waals surface area contributed by atoms with Gasteiger partial charge in [0.15, 0.2) is 11.3 Å². The highest BCUT2D eigenvalue weighted by molar-refractivity contribution is 7.87. The van der Waals surface area contributed by atoms with E-state index in [2.05, 4.69) is 4.98 Å². The average molecular weight is 387 g/mol. The van der Waals surface area contributed by atoms with Crippen molar-refractivity contribution < 1.29 is 22.1 Å². The van der Waals surface area contributed by atoms with Crippen LogP contribution in [0, 0.1) is 6.92 Å². The molecule has 0 fully saturated rings. The first kappa shape index (κ1) is 18.7. The lowest BCUT2D eigenvalue weighted by Gasteiger charge is -2.13. The van der Waals surface area contributed by atoms with E-state index >= 15 is 0 Å². The van der Waals surface area contributed by atoms with Crippen LogP contribution in [0.5, 0.6) is 5.75 Å². The van der Waals surface area contributed by atoms with Gasteiger partial charge in [-0.3, -0.25) is 4.79 Å². The van der Waals surface area contributed by atoms with E-state index in [1.165, 1.54) is 12.1 Å². The van der Waals surface area contributed by atoms with Crippen molar-refractivity contribution in [3.8, 4) is 5.75 Å². The number of aromatic amines is 1. The number of carbonyl (C=O) groups excluding carboxylic acids is 1. The number of hydrogen-bond donors (Lipinski definition) is 1. The van der Waals surface area contributed by atoms with Crippen LogP contribution in [0.2, 0.25) is 0 Å². The van der Waals surface area contributed by atoms with Crippen molar-refractivity contribution >= 4 is 27.0 Å². The third-order valence-corrected chi connectivity index (χ3v) is 5.09. The van der Waals surface area contributed by atoms with E-state index in [0.717, 1.165) is 5.56 Å². The molecule has 0 unspecified atom stereocenters. The third-order valence-electron chi connectivity index (χ3n) is 3.86. The fraction of sp³-hybridized carbons (Fsp3) is 0.158. The Balaban J connectivity index is 2.22. The summed E-state index contributed by atoms with van der Waals surface area (Å²) in [5, 5.41) is 0.274. The molecule has 0 saturated heterocycles. The Hall–Kier alpha value is -3.13. The second kappa shape index (κ2) is 7.24. The van der Waals surface area contributed by atoms with Gasteiger partial charge in [-0.2, -0.15) is 8.42 Å². The lowest BCUT2D eigenvalue weighted by Crippen LogP contribution is -2.23. The van der Waals surface area contributed by atoms with Crippen LogP contribution in [0.15, 0.2) is 58.2 Å². The Bertz CT molecular complexity index is 1160. The zero-order valence-electron chi connectivity index (χ0n) is 14.7. The Morgan fingerprint density at radius 1 is 1.07 bits per heavy atom. The van der Waals surface area contributed by atoms with Crippen LogP contribution in [0.4, 0.5) is 0 Å². The van der Waals surface area contributed by atoms with E-state index in [-0.39, 0.29) is 22.6 Å². The number of fused-ring (bicyclic) bond motifs is 1. The van der Waals surface area contributed by atoms with Crippen molar-refractivity contribution in [1.82, 2.24) is 4.98 Å². The molecule has 0 saturated carbocycles. The first-order valence-electron chi connectivity index (χ1n) is 8.17. The second-order valence-electron chi connectivity index (χ2n) is 5.77. The van der Waals surface area contributed by atoms with Crippen LogP contribution in [-0.2, 0) is 14.9 Å². The molecule has 1 heterocycles. The Kier molecular flexibility index (Phi) is 5.00. The molecule has 0 spiro atoms. The number of hydrogen-bond acceptors (Lipinski definition) is 6. The second-order valence-corrected chi connectivity index (χ2v) is 7.32. The first-order valence-corrected chi connectivity index (χ1v) is 9.57. The van der Waals surface area contributed by atoms with E-state index in [1.807, 2.05) is 6.92 Å². The van der Waals surface area contributed by atoms with Gasteiger partial charge in [0.25, 0.3) is 5.56 Å². The number of carbonyl (C=O) groups is 1. The normalized spacial score (nSPS) is 11.3. The van der Waals surface area contributed by atoms with Gasteiger partial charge in [0.2, 0.25) is 0 Å². The summed E-state index contributed by atoms with van der Waals surface area (Å²) in [5.74, 6) is -1.31. The smallest absolute Gasteiger partial charge is 0.347 e. The molecular weight excluding hydrogens is 370 g/mol. The van der Waals surface area contributed by atoms with Gasteiger partial charge < -0.3 is 13.9 Å². The fourth-order valence-corrected chi connectivity index (χ4v) is 3.51. The first-order chi connectivity index (χ1) is 12.8. The number of ether oxygens (including phenoxy) is 1. The molecule has 1 N–H and O–H groups in total. The summed E-state index contributed by atoms with van der Waals surface area (Å²) in [4.78, 5) is 27.1. The topological polar surface area (TPSA) is 103 Å². The minimum Gasteiger partial charge on any atom is -0.462 e. The Labute approximate surface area is 155 Å². The summed E-state index contributed by atoms with van der Waals surface area (Å²) in [6.07, 6.45) is 0. The van der Waals surface area contributed by atoms with Gasteiger partial charge >= 0.3 is 16.1 Å². The molecule has 0 radical (unpaired) electrons. The molecule has 0 aliphatic carbocycles. The van der Waals surface area contributed by atoms with Crippen molar-refractivity contribution in [3.63, 3.8) is 0 Å². The van der Waals surface area contributed by atoms with E-state index < -0.39 is 27.2 Å². The molecule has 2 aromatic carbocycles. The van der Waals surface area contributed by atoms with Gasteiger partial charge in [-0.25, -0.2) is 4.79 Å². The molecule has 0 bridgehead atoms. The summed E-state index contributed by atoms with van der Waals surface area (Å²) in [6.45, 7) is 3.42. The maximum absolute atomic E-state index is 12.7. The molecule has 3 aromatic rings. The number of aromatic nitrogens is 1. The number of pyridine rings is 1. The van der Waals surface area contributed by atoms with E-state index in [1.54, 1.807) is 43.3 Å². The predicted molar refractivity (Wildman–Crippen MR) is 99.5 cm³/mol. The number of rotatable bonds is 5. The van der Waals surface area contributed by atoms with E-state index in [9.17, 15) is 18.0 Å². The summed E-state index contributed by atoms with van der Waals surface area (Å²) in [5.41, 5.74) is -0.0695. The minimum atomic E-state index is -4.27. The lowest BCUT2D eigenvalue weighted by molar-refractivity contribution is 0.0522. The summed E-state index contributed by atoms with van der Waals surface area (Å²) in [7, 11) is -4.27. The molecule has 3 rings (SSSR count). The quantitative estimate of drug-likeness (QED) is 0.533. The molecule has 140 valence electrons. The number of H-pyrrole nitrogens is 1. The van der Waals surface area contributed by atoms with Gasteiger partial charge in [0.05, 0.1) is 12.1 Å². The van der Waals surface area contributed by atoms with Crippen LogP contribution in [-0.4, -0.2) is 26.0 Å². The van der Waals surface area contributed by atoms with Crippen LogP contribution in [0.3, 0.4) is 0 Å². The van der Waals surface area contributed by atoms with Crippen molar-refractivity contribution in [2.24, 2.45) is 0 Å². The number of benzene rings is 2. The van der Waals surface area contributed by atoms with Gasteiger partial charge in [0.1, 0.15) is 4.90 Å². The van der Waals surface area contributed by atoms with E-state index in [4.69, 9.17) is 8.92 Å². The molecular formula is C19H17NO6S. The maximum atomic E-state index is 12.7. The van der Waals surface area contributed by atoms with Crippen LogP contribution >= 0.6 is 0 Å². The monoisotopic (exact) mass is 387 g/mol. The zero-order valence-corrected chi connectivity index (χ0v) is 15.5. The van der Waals surface area contributed by atoms with Crippen LogP contribution in [0.25, 0.3) is 10.9 Å². The fourth-order valence-electron chi connectivity index (χ4n) is 2.55. The number of para-hydroxylation sites is 1. The molecule has 0 aliphatic heterocycles. The number of aryl methyl sites for hydroxylation is 1. The maximum Gasteiger partial charge on any atom is 0.347 e. The number of nitrogens with one attached hydrogen (secondary N) is 1. The summed E-state index contributed by atoms with van der Waals surface area (Å²) >= 11 is 0. The highest BCUT2D eigenvalue weighted by atomic mass is 32.2. The Morgan fingerprint density at radius 3 is 2.41 bits per heavy atom. The van der Waals surface area contributed by atoms with Crippen molar-refractivity contribution in [1.29, 1.82) is 0 Å². The molecule has 7 nitrogen and oxygen atoms in total. The van der Waals surface area contributed by atoms with Gasteiger partial charge in [-0.1, -0.05) is 29.8 Å². The van der Waals surface area contributed by atoms with E-state index in [0.29, 0.717) is 5.52 Å². The largest absolute Gasteiger partial charge is 0.462 e. The highest BCUT2D eigenvalue weighted by Gasteiger charge is 2.27. The summed E-state index contributed by atoms with van der Waals surface area (Å²) < 4.78 is 35.6. The zero-order chi connectivity index (χ0) is 19.6. The lowest BCUT2D eigenvalue weighted by atomic mass is 10.1. The average Bonchev–Trinajstić information content (AvgIpc) is 2.62. The molecule has 8 heteroatoms. The SMILES string of the molecule is CCOC(=O)c1c(OS(=O)(=O)c2ccc(C)cc2)c2ccccc2[nH]c1=O. The van der Waals surface area contributed by atoms with Crippen LogP contribution < -0.4 is 9.74 Å². The van der Waals surface area contributed by atoms with Crippen molar-refractivity contribution in [2.75, 3.05) is 6.61 Å². The molecule has 0 amide bonds. The van der Waals surface area contributed by atoms with Gasteiger partial charge in [-0.05, 0) is 38.1 Å². The number of esters is 1. The molecule has 0 atom stereocenters. The molecule has 27 heavy (non-hydrogen) atoms. The summed E-state index contributed by atoms with van der Waals surface area (Å²) in [6, 6.07) is 12.5. The third kappa shape index (κ3) is 3.70. The highest BCUT2D eigenvalue weighted by Crippen LogP contribution is 2.29.